The molecule has 0 radical (unpaired) electrons. The molecule has 2 aromatic heterocycles. The Labute approximate surface area is 181 Å². The fraction of sp³-hybridized carbons (Fsp3) is 0.455. The molecule has 0 spiro atoms. The van der Waals surface area contributed by atoms with E-state index in [1.54, 1.807) is 25.6 Å². The zero-order valence-electron chi connectivity index (χ0n) is 18.4. The Morgan fingerprint density at radius 3 is 2.67 bits per heavy atom. The third-order valence-electron chi connectivity index (χ3n) is 4.82. The largest absolute Gasteiger partial charge is 0.497 e. The Kier molecular flexibility index (Phi) is 7.57. The van der Waals surface area contributed by atoms with Crippen molar-refractivity contribution in [1.29, 1.82) is 0 Å². The van der Waals surface area contributed by atoms with Crippen LogP contribution in [0.15, 0.2) is 23.2 Å². The van der Waals surface area contributed by atoms with Crippen LogP contribution in [0.2, 0.25) is 0 Å². The molecule has 7 nitrogen and oxygen atoms in total. The molecule has 3 N–H and O–H groups in total. The number of nitrogens with zero attached hydrogens (tertiary/aromatic N) is 2. The van der Waals surface area contributed by atoms with Crippen LogP contribution >= 0.6 is 11.3 Å². The molecule has 0 atom stereocenters. The lowest BCUT2D eigenvalue weighted by Crippen LogP contribution is -2.37. The van der Waals surface area contributed by atoms with E-state index in [0.29, 0.717) is 6.54 Å². The van der Waals surface area contributed by atoms with Crippen molar-refractivity contribution < 1.29 is 9.47 Å². The smallest absolute Gasteiger partial charge is 0.191 e. The Hall–Kier alpha value is -2.74. The number of aryl methyl sites for hydroxylation is 3. The first-order chi connectivity index (χ1) is 14.5. The van der Waals surface area contributed by atoms with Gasteiger partial charge >= 0.3 is 0 Å². The van der Waals surface area contributed by atoms with Gasteiger partial charge in [-0.3, -0.25) is 0 Å². The second-order valence-corrected chi connectivity index (χ2v) is 8.34. The van der Waals surface area contributed by atoms with Gasteiger partial charge in [-0.25, -0.2) is 9.98 Å². The second kappa shape index (κ2) is 10.3. The number of methoxy groups -OCH3 is 2. The number of guanidine groups is 1. The zero-order chi connectivity index (χ0) is 21.5. The SMILES string of the molecule is CCNC(=NCc1sc(C)nc1C)NCCCc1cc2c(OC)cc(OC)cc2[nH]1. The number of ether oxygens (including phenoxy) is 2. The molecule has 3 rings (SSSR count). The molecule has 0 fully saturated rings. The van der Waals surface area contributed by atoms with E-state index < -0.39 is 0 Å². The van der Waals surface area contributed by atoms with Gasteiger partial charge in [0.05, 0.1) is 37.0 Å². The molecular formula is C22H31N5O2S. The van der Waals surface area contributed by atoms with Crippen molar-refractivity contribution in [2.45, 2.75) is 40.2 Å². The molecule has 3 aromatic rings. The molecule has 0 aliphatic carbocycles. The van der Waals surface area contributed by atoms with Gasteiger partial charge in [-0.1, -0.05) is 0 Å². The first kappa shape index (κ1) is 22.0. The predicted molar refractivity (Wildman–Crippen MR) is 124 cm³/mol. The fourth-order valence-corrected chi connectivity index (χ4v) is 4.22. The van der Waals surface area contributed by atoms with Gasteiger partial charge in [0.15, 0.2) is 5.96 Å². The maximum atomic E-state index is 5.50. The predicted octanol–water partition coefficient (Wildman–Crippen LogP) is 3.95. The quantitative estimate of drug-likeness (QED) is 0.273. The highest BCUT2D eigenvalue weighted by atomic mass is 32.1. The molecule has 0 saturated carbocycles. The minimum atomic E-state index is 0.649. The third kappa shape index (κ3) is 5.44. The monoisotopic (exact) mass is 429 g/mol. The highest BCUT2D eigenvalue weighted by Crippen LogP contribution is 2.31. The summed E-state index contributed by atoms with van der Waals surface area (Å²) in [6, 6.07) is 6.06. The number of rotatable bonds is 9. The Morgan fingerprint density at radius 2 is 2.00 bits per heavy atom. The maximum Gasteiger partial charge on any atom is 0.191 e. The highest BCUT2D eigenvalue weighted by molar-refractivity contribution is 7.11. The Balaban J connectivity index is 1.57. The number of aliphatic imine (C=N–C) groups is 1. The molecule has 1 aromatic carbocycles. The molecule has 0 bridgehead atoms. The third-order valence-corrected chi connectivity index (χ3v) is 5.88. The van der Waals surface area contributed by atoms with Gasteiger partial charge in [-0.15, -0.1) is 11.3 Å². The van der Waals surface area contributed by atoms with Crippen molar-refractivity contribution in [3.63, 3.8) is 0 Å². The molecule has 0 aliphatic heterocycles. The molecule has 0 unspecified atom stereocenters. The van der Waals surface area contributed by atoms with E-state index in [2.05, 4.69) is 33.6 Å². The highest BCUT2D eigenvalue weighted by Gasteiger charge is 2.09. The van der Waals surface area contributed by atoms with E-state index in [-0.39, 0.29) is 0 Å². The van der Waals surface area contributed by atoms with E-state index in [9.17, 15) is 0 Å². The van der Waals surface area contributed by atoms with Crippen molar-refractivity contribution in [2.75, 3.05) is 27.3 Å². The average Bonchev–Trinajstić information content (AvgIpc) is 3.29. The number of aromatic amines is 1. The minimum Gasteiger partial charge on any atom is -0.497 e. The Morgan fingerprint density at radius 1 is 1.17 bits per heavy atom. The summed E-state index contributed by atoms with van der Waals surface area (Å²) < 4.78 is 10.9. The molecule has 2 heterocycles. The van der Waals surface area contributed by atoms with Crippen LogP contribution < -0.4 is 20.1 Å². The lowest BCUT2D eigenvalue weighted by molar-refractivity contribution is 0.398. The van der Waals surface area contributed by atoms with Crippen LogP contribution in [0.25, 0.3) is 10.9 Å². The van der Waals surface area contributed by atoms with Gasteiger partial charge in [0.25, 0.3) is 0 Å². The van der Waals surface area contributed by atoms with E-state index in [0.717, 1.165) is 65.0 Å². The number of H-pyrrole nitrogens is 1. The van der Waals surface area contributed by atoms with Gasteiger partial charge in [-0.2, -0.15) is 0 Å². The summed E-state index contributed by atoms with van der Waals surface area (Å²) in [6.45, 7) is 8.46. The van der Waals surface area contributed by atoms with Crippen LogP contribution in [0.5, 0.6) is 11.5 Å². The van der Waals surface area contributed by atoms with E-state index >= 15 is 0 Å². The van der Waals surface area contributed by atoms with Crippen molar-refractivity contribution in [3.8, 4) is 11.5 Å². The summed E-state index contributed by atoms with van der Waals surface area (Å²) in [4.78, 5) is 13.9. The number of hydrogen-bond donors (Lipinski definition) is 3. The summed E-state index contributed by atoms with van der Waals surface area (Å²) in [5, 5.41) is 8.90. The van der Waals surface area contributed by atoms with Crippen molar-refractivity contribution in [1.82, 2.24) is 20.6 Å². The molecular weight excluding hydrogens is 398 g/mol. The number of fused-ring (bicyclic) bond motifs is 1. The molecule has 0 saturated heterocycles. The number of hydrogen-bond acceptors (Lipinski definition) is 5. The van der Waals surface area contributed by atoms with E-state index in [1.165, 1.54) is 10.6 Å². The number of aromatic nitrogens is 2. The number of thiazole rings is 1. The topological polar surface area (TPSA) is 83.6 Å². The van der Waals surface area contributed by atoms with Crippen molar-refractivity contribution in [3.05, 3.63) is 39.5 Å². The first-order valence-corrected chi connectivity index (χ1v) is 11.0. The normalized spacial score (nSPS) is 11.7. The van der Waals surface area contributed by atoms with Crippen molar-refractivity contribution in [2.24, 2.45) is 4.99 Å². The van der Waals surface area contributed by atoms with E-state index in [4.69, 9.17) is 14.5 Å². The lowest BCUT2D eigenvalue weighted by Gasteiger charge is -2.10. The molecule has 0 amide bonds. The van der Waals surface area contributed by atoms with Crippen LogP contribution in [-0.2, 0) is 13.0 Å². The Bertz CT molecular complexity index is 1010. The molecule has 162 valence electrons. The van der Waals surface area contributed by atoms with Gasteiger partial charge in [0.1, 0.15) is 11.5 Å². The fourth-order valence-electron chi connectivity index (χ4n) is 3.36. The average molecular weight is 430 g/mol. The van der Waals surface area contributed by atoms with Crippen LogP contribution in [0, 0.1) is 13.8 Å². The van der Waals surface area contributed by atoms with Crippen LogP contribution in [-0.4, -0.2) is 43.2 Å². The van der Waals surface area contributed by atoms with Crippen LogP contribution in [0.4, 0.5) is 0 Å². The van der Waals surface area contributed by atoms with Crippen molar-refractivity contribution >= 4 is 28.2 Å². The molecule has 8 heteroatoms. The van der Waals surface area contributed by atoms with Crippen LogP contribution in [0.3, 0.4) is 0 Å². The zero-order valence-corrected chi connectivity index (χ0v) is 19.2. The summed E-state index contributed by atoms with van der Waals surface area (Å²) in [5.74, 6) is 2.44. The van der Waals surface area contributed by atoms with Gasteiger partial charge in [0.2, 0.25) is 0 Å². The van der Waals surface area contributed by atoms with Gasteiger partial charge in [-0.05, 0) is 39.7 Å². The summed E-state index contributed by atoms with van der Waals surface area (Å²) in [5.41, 5.74) is 3.28. The molecule has 30 heavy (non-hydrogen) atoms. The van der Waals surface area contributed by atoms with Gasteiger partial charge in [0, 0.05) is 41.2 Å². The summed E-state index contributed by atoms with van der Waals surface area (Å²) in [7, 11) is 3.35. The maximum absolute atomic E-state index is 5.50. The standard InChI is InChI=1S/C22H31N5O2S/c1-6-23-22(25-13-21-14(2)26-15(3)30-21)24-9-7-8-16-10-18-19(27-16)11-17(28-4)12-20(18)29-5/h10-12,27H,6-9,13H2,1-5H3,(H2,23,24,25). The minimum absolute atomic E-state index is 0.649. The van der Waals surface area contributed by atoms with E-state index in [1.807, 2.05) is 26.0 Å². The number of benzene rings is 1. The lowest BCUT2D eigenvalue weighted by atomic mass is 10.2. The van der Waals surface area contributed by atoms with Crippen LogP contribution in [0.1, 0.15) is 34.6 Å². The summed E-state index contributed by atoms with van der Waals surface area (Å²) >= 11 is 1.71. The molecule has 0 aliphatic rings. The van der Waals surface area contributed by atoms with Gasteiger partial charge < -0.3 is 25.1 Å². The number of nitrogens with one attached hydrogen (secondary N) is 3. The first-order valence-electron chi connectivity index (χ1n) is 10.2. The second-order valence-electron chi connectivity index (χ2n) is 7.05. The summed E-state index contributed by atoms with van der Waals surface area (Å²) in [6.07, 6.45) is 1.91.